The predicted molar refractivity (Wildman–Crippen MR) is 104 cm³/mol. The van der Waals surface area contributed by atoms with Crippen LogP contribution in [0.15, 0.2) is 6.07 Å². The van der Waals surface area contributed by atoms with Crippen molar-refractivity contribution in [3.63, 3.8) is 0 Å². The predicted octanol–water partition coefficient (Wildman–Crippen LogP) is 4.58. The van der Waals surface area contributed by atoms with Crippen LogP contribution < -0.4 is 5.32 Å². The average molecular weight is 384 g/mol. The van der Waals surface area contributed by atoms with Gasteiger partial charge in [0.2, 0.25) is 0 Å². The van der Waals surface area contributed by atoms with Crippen molar-refractivity contribution in [3.8, 4) is 0 Å². The lowest BCUT2D eigenvalue weighted by molar-refractivity contribution is 0.0882. The summed E-state index contributed by atoms with van der Waals surface area (Å²) in [6, 6.07) is 1.76. The first kappa shape index (κ1) is 20.9. The van der Waals surface area contributed by atoms with Gasteiger partial charge in [0.25, 0.3) is 0 Å². The van der Waals surface area contributed by atoms with E-state index in [1.807, 2.05) is 20.8 Å². The summed E-state index contributed by atoms with van der Waals surface area (Å²) in [6.45, 7) is 17.6. The summed E-state index contributed by atoms with van der Waals surface area (Å²) in [5, 5.41) is 16.3. The van der Waals surface area contributed by atoms with Crippen LogP contribution in [0.5, 0.6) is 0 Å². The van der Waals surface area contributed by atoms with E-state index in [9.17, 15) is 4.79 Å². The summed E-state index contributed by atoms with van der Waals surface area (Å²) >= 11 is 0. The zero-order chi connectivity index (χ0) is 19.9. The van der Waals surface area contributed by atoms with E-state index in [0.29, 0.717) is 12.4 Å². The third-order valence-electron chi connectivity index (χ3n) is 5.16. The second-order valence-corrected chi connectivity index (χ2v) is 14.3. The average Bonchev–Trinajstić information content (AvgIpc) is 3.02. The van der Waals surface area contributed by atoms with E-state index in [-0.39, 0.29) is 22.8 Å². The van der Waals surface area contributed by atoms with Gasteiger partial charge in [-0.15, -0.1) is 0 Å². The lowest BCUT2D eigenvalue weighted by atomic mass is 10.1. The molecule has 1 aromatic heterocycles. The highest BCUT2D eigenvalue weighted by Crippen LogP contribution is 2.40. The fourth-order valence-electron chi connectivity index (χ4n) is 2.75. The van der Waals surface area contributed by atoms with Crippen molar-refractivity contribution in [3.05, 3.63) is 11.8 Å². The van der Waals surface area contributed by atoms with Crippen molar-refractivity contribution in [2.24, 2.45) is 0 Å². The summed E-state index contributed by atoms with van der Waals surface area (Å²) in [7, 11) is -1.85. The minimum Gasteiger partial charge on any atom is -0.465 e. The van der Waals surface area contributed by atoms with Crippen molar-refractivity contribution in [2.45, 2.75) is 83.8 Å². The zero-order valence-electron chi connectivity index (χ0n) is 17.2. The fraction of sp³-hybridized carbons (Fsp3) is 0.778. The standard InChI is InChI=1S/C18H33N3O4Si/c1-17(2,3)21-15(19-16(22)23)10-13(20-21)14-9-12(11-24-14)25-26(7,8)18(4,5)6/h10,12,14,19H,9,11H2,1-8H3,(H,22,23)/t12-,14-/m0/s1. The number of carboxylic acid groups (broad SMARTS) is 1. The van der Waals surface area contributed by atoms with Crippen molar-refractivity contribution in [2.75, 3.05) is 11.9 Å². The monoisotopic (exact) mass is 383 g/mol. The largest absolute Gasteiger partial charge is 0.465 e. The quantitative estimate of drug-likeness (QED) is 0.743. The van der Waals surface area contributed by atoms with Gasteiger partial charge in [0.1, 0.15) is 11.9 Å². The Balaban J connectivity index is 2.16. The van der Waals surface area contributed by atoms with E-state index in [1.165, 1.54) is 0 Å². The lowest BCUT2D eigenvalue weighted by Crippen LogP contribution is -2.44. The van der Waals surface area contributed by atoms with Crippen LogP contribution in [0, 0.1) is 0 Å². The lowest BCUT2D eigenvalue weighted by Gasteiger charge is -2.38. The minimum absolute atomic E-state index is 0.0524. The summed E-state index contributed by atoms with van der Waals surface area (Å²) in [6.07, 6.45) is -0.493. The molecule has 1 amide bonds. The van der Waals surface area contributed by atoms with Gasteiger partial charge in [0, 0.05) is 12.5 Å². The second kappa shape index (κ2) is 6.98. The van der Waals surface area contributed by atoms with Crippen LogP contribution in [0.25, 0.3) is 0 Å². The van der Waals surface area contributed by atoms with Gasteiger partial charge in [0.05, 0.1) is 23.9 Å². The van der Waals surface area contributed by atoms with Crippen molar-refractivity contribution in [1.29, 1.82) is 0 Å². The molecule has 2 heterocycles. The van der Waals surface area contributed by atoms with Crippen LogP contribution >= 0.6 is 0 Å². The summed E-state index contributed by atoms with van der Waals surface area (Å²) in [5.41, 5.74) is 0.399. The molecule has 0 radical (unpaired) electrons. The van der Waals surface area contributed by atoms with Crippen LogP contribution in [-0.4, -0.2) is 42.0 Å². The Labute approximate surface area is 157 Å². The Hall–Kier alpha value is -1.38. The third kappa shape index (κ3) is 4.66. The summed E-state index contributed by atoms with van der Waals surface area (Å²) in [4.78, 5) is 11.1. The first-order valence-corrected chi connectivity index (χ1v) is 12.0. The number of ether oxygens (including phenoxy) is 1. The van der Waals surface area contributed by atoms with Crippen LogP contribution in [0.1, 0.15) is 59.8 Å². The Morgan fingerprint density at radius 1 is 1.35 bits per heavy atom. The molecule has 0 aromatic carbocycles. The summed E-state index contributed by atoms with van der Waals surface area (Å²) in [5.74, 6) is 0.456. The Kier molecular flexibility index (Phi) is 5.61. The molecule has 26 heavy (non-hydrogen) atoms. The first-order chi connectivity index (χ1) is 11.7. The maximum Gasteiger partial charge on any atom is 0.410 e. The molecule has 0 aliphatic carbocycles. The molecule has 2 atom stereocenters. The molecule has 148 valence electrons. The van der Waals surface area contributed by atoms with Gasteiger partial charge in [0.15, 0.2) is 8.32 Å². The highest BCUT2D eigenvalue weighted by atomic mass is 28.4. The summed E-state index contributed by atoms with van der Waals surface area (Å²) < 4.78 is 14.1. The van der Waals surface area contributed by atoms with Crippen molar-refractivity contribution < 1.29 is 19.1 Å². The number of nitrogens with zero attached hydrogens (tertiary/aromatic N) is 2. The smallest absolute Gasteiger partial charge is 0.410 e. The maximum absolute atomic E-state index is 11.1. The van der Waals surface area contributed by atoms with Crippen molar-refractivity contribution in [1.82, 2.24) is 9.78 Å². The van der Waals surface area contributed by atoms with Gasteiger partial charge < -0.3 is 14.3 Å². The molecule has 2 rings (SSSR count). The van der Waals surface area contributed by atoms with E-state index in [2.05, 4.69) is 44.3 Å². The topological polar surface area (TPSA) is 85.6 Å². The minimum atomic E-state index is -1.85. The van der Waals surface area contributed by atoms with Crippen LogP contribution in [-0.2, 0) is 14.7 Å². The van der Waals surface area contributed by atoms with E-state index < -0.39 is 14.4 Å². The molecule has 0 unspecified atom stereocenters. The highest BCUT2D eigenvalue weighted by Gasteiger charge is 2.41. The van der Waals surface area contributed by atoms with E-state index in [0.717, 1.165) is 12.1 Å². The van der Waals surface area contributed by atoms with Crippen LogP contribution in [0.2, 0.25) is 18.1 Å². The molecule has 0 spiro atoms. The van der Waals surface area contributed by atoms with Gasteiger partial charge in [-0.05, 0) is 38.9 Å². The first-order valence-electron chi connectivity index (χ1n) is 9.10. The SMILES string of the molecule is CC(C)(C)n1nc([C@@H]2C[C@H](O[Si](C)(C)C(C)(C)C)CO2)cc1NC(=O)O. The Morgan fingerprint density at radius 3 is 2.46 bits per heavy atom. The molecule has 1 aromatic rings. The molecule has 8 heteroatoms. The number of aromatic nitrogens is 2. The van der Waals surface area contributed by atoms with Gasteiger partial charge in [-0.1, -0.05) is 20.8 Å². The van der Waals surface area contributed by atoms with Gasteiger partial charge in [-0.25, -0.2) is 9.48 Å². The van der Waals surface area contributed by atoms with Gasteiger partial charge in [-0.2, -0.15) is 5.10 Å². The molecular formula is C18H33N3O4Si. The number of hydrogen-bond donors (Lipinski definition) is 2. The van der Waals surface area contributed by atoms with E-state index >= 15 is 0 Å². The normalized spacial score (nSPS) is 21.8. The molecule has 2 N–H and O–H groups in total. The van der Waals surface area contributed by atoms with Crippen LogP contribution in [0.3, 0.4) is 0 Å². The molecule has 1 saturated heterocycles. The molecule has 1 fully saturated rings. The molecule has 1 aliphatic heterocycles. The number of nitrogens with one attached hydrogen (secondary N) is 1. The third-order valence-corrected chi connectivity index (χ3v) is 9.69. The highest BCUT2D eigenvalue weighted by molar-refractivity contribution is 6.74. The Bertz CT molecular complexity index is 658. The van der Waals surface area contributed by atoms with E-state index in [4.69, 9.17) is 14.3 Å². The Morgan fingerprint density at radius 2 is 1.96 bits per heavy atom. The van der Waals surface area contributed by atoms with E-state index in [1.54, 1.807) is 10.7 Å². The van der Waals surface area contributed by atoms with Crippen LogP contribution in [0.4, 0.5) is 10.6 Å². The number of rotatable bonds is 4. The van der Waals surface area contributed by atoms with Crippen molar-refractivity contribution >= 4 is 20.2 Å². The fourth-order valence-corrected chi connectivity index (χ4v) is 4.10. The number of hydrogen-bond acceptors (Lipinski definition) is 4. The molecule has 7 nitrogen and oxygen atoms in total. The number of anilines is 1. The number of carbonyl (C=O) groups is 1. The molecular weight excluding hydrogens is 350 g/mol. The van der Waals surface area contributed by atoms with Gasteiger partial charge in [-0.3, -0.25) is 5.32 Å². The molecule has 0 saturated carbocycles. The number of amides is 1. The maximum atomic E-state index is 11.1. The molecule has 0 bridgehead atoms. The van der Waals surface area contributed by atoms with Gasteiger partial charge >= 0.3 is 6.09 Å². The zero-order valence-corrected chi connectivity index (χ0v) is 18.2. The molecule has 1 aliphatic rings. The second-order valence-electron chi connectivity index (χ2n) is 9.53.